The Bertz CT molecular complexity index is 1260. The van der Waals surface area contributed by atoms with Gasteiger partial charge in [-0.05, 0) is 81.0 Å². The first-order valence-electron chi connectivity index (χ1n) is 12.0. The van der Waals surface area contributed by atoms with E-state index >= 15 is 0 Å². The lowest BCUT2D eigenvalue weighted by Crippen LogP contribution is -2.68. The molecule has 1 aliphatic heterocycles. The van der Waals surface area contributed by atoms with Gasteiger partial charge in [0.2, 0.25) is 15.9 Å². The molecule has 194 valence electrons. The van der Waals surface area contributed by atoms with Crippen molar-refractivity contribution in [2.75, 3.05) is 19.6 Å². The van der Waals surface area contributed by atoms with E-state index < -0.39 is 21.5 Å². The number of pyridine rings is 1. The number of rotatable bonds is 6. The summed E-state index contributed by atoms with van der Waals surface area (Å²) in [5.41, 5.74) is 4.48. The Morgan fingerprint density at radius 2 is 1.86 bits per heavy atom. The number of hydrogen-bond donors (Lipinski definition) is 2. The van der Waals surface area contributed by atoms with Gasteiger partial charge in [0, 0.05) is 37.9 Å². The van der Waals surface area contributed by atoms with Gasteiger partial charge in [0.25, 0.3) is 5.91 Å². The molecule has 1 aliphatic carbocycles. The Morgan fingerprint density at radius 3 is 2.53 bits per heavy atom. The number of nitrogens with one attached hydrogen (secondary N) is 1. The molecule has 1 aromatic carbocycles. The molecule has 0 spiro atoms. The largest absolute Gasteiger partial charge is 0.489 e. The van der Waals surface area contributed by atoms with Gasteiger partial charge in [-0.2, -0.15) is 4.31 Å². The second-order valence-electron chi connectivity index (χ2n) is 9.54. The molecule has 0 bridgehead atoms. The third-order valence-electron chi connectivity index (χ3n) is 7.00. The van der Waals surface area contributed by atoms with E-state index in [1.807, 2.05) is 13.0 Å². The third-order valence-corrected chi connectivity index (χ3v) is 8.86. The average molecular weight is 517 g/mol. The van der Waals surface area contributed by atoms with Crippen molar-refractivity contribution < 1.29 is 28.0 Å². The summed E-state index contributed by atoms with van der Waals surface area (Å²) in [5, 5.41) is 9.18. The molecular formula is C25H32N4O6S. The van der Waals surface area contributed by atoms with E-state index in [9.17, 15) is 23.2 Å². The van der Waals surface area contributed by atoms with E-state index in [1.165, 1.54) is 36.4 Å². The summed E-state index contributed by atoms with van der Waals surface area (Å²) in [5.74, 6) is -0.695. The molecule has 36 heavy (non-hydrogen) atoms. The molecule has 10 nitrogen and oxygen atoms in total. The van der Waals surface area contributed by atoms with Crippen molar-refractivity contribution in [3.8, 4) is 5.75 Å². The number of fused-ring (bicyclic) bond motifs is 1. The molecule has 1 unspecified atom stereocenters. The third kappa shape index (κ3) is 4.95. The lowest BCUT2D eigenvalue weighted by atomic mass is 9.92. The number of ether oxygens (including phenoxy) is 1. The monoisotopic (exact) mass is 516 g/mol. The van der Waals surface area contributed by atoms with Crippen LogP contribution in [0.25, 0.3) is 0 Å². The second kappa shape index (κ2) is 10.2. The fourth-order valence-electron chi connectivity index (χ4n) is 5.08. The molecule has 1 fully saturated rings. The fraction of sp³-hybridized carbons (Fsp3) is 0.480. The first-order chi connectivity index (χ1) is 17.1. The van der Waals surface area contributed by atoms with Crippen LogP contribution in [-0.2, 0) is 39.1 Å². The second-order valence-corrected chi connectivity index (χ2v) is 11.5. The van der Waals surface area contributed by atoms with E-state index in [0.29, 0.717) is 12.4 Å². The molecule has 1 saturated heterocycles. The minimum absolute atomic E-state index is 0.0232. The van der Waals surface area contributed by atoms with E-state index in [-0.39, 0.29) is 30.4 Å². The molecule has 0 saturated carbocycles. The Labute approximate surface area is 211 Å². The van der Waals surface area contributed by atoms with Gasteiger partial charge < -0.3 is 9.64 Å². The van der Waals surface area contributed by atoms with E-state index in [4.69, 9.17) is 4.74 Å². The molecule has 2 N–H and O–H groups in total. The molecule has 2 amide bonds. The topological polar surface area (TPSA) is 129 Å². The number of carbonyl (C=O) groups is 2. The van der Waals surface area contributed by atoms with Gasteiger partial charge >= 0.3 is 0 Å². The number of sulfonamides is 1. The fourth-order valence-corrected chi connectivity index (χ4v) is 6.60. The van der Waals surface area contributed by atoms with Gasteiger partial charge in [-0.25, -0.2) is 13.9 Å². The molecule has 11 heteroatoms. The van der Waals surface area contributed by atoms with Crippen LogP contribution in [0.15, 0.2) is 35.2 Å². The quantitative estimate of drug-likeness (QED) is 0.444. The van der Waals surface area contributed by atoms with Crippen LogP contribution in [0, 0.1) is 6.92 Å². The number of benzene rings is 1. The van der Waals surface area contributed by atoms with Crippen molar-refractivity contribution in [2.45, 2.75) is 63.5 Å². The SMILES string of the molecule is CC(=O)N1CCN(S(=O)(=O)c2ccc(OCc3cc(C)nc4c3CCCC4)cc2)CC1(C)C(=O)NO. The zero-order valence-electron chi connectivity index (χ0n) is 20.8. The van der Waals surface area contributed by atoms with Gasteiger partial charge in [0.1, 0.15) is 17.9 Å². The summed E-state index contributed by atoms with van der Waals surface area (Å²) in [4.78, 5) is 30.4. The Hall–Kier alpha value is -3.02. The molecule has 2 aromatic rings. The first kappa shape index (κ1) is 26.1. The normalized spacial score (nSPS) is 20.5. The molecule has 4 rings (SSSR count). The molecule has 0 radical (unpaired) electrons. The van der Waals surface area contributed by atoms with Crippen molar-refractivity contribution in [1.82, 2.24) is 19.7 Å². The van der Waals surface area contributed by atoms with Crippen molar-refractivity contribution >= 4 is 21.8 Å². The maximum atomic E-state index is 13.3. The summed E-state index contributed by atoms with van der Waals surface area (Å²) in [7, 11) is -3.96. The number of aryl methyl sites for hydroxylation is 2. The number of nitrogens with zero attached hydrogens (tertiary/aromatic N) is 3. The lowest BCUT2D eigenvalue weighted by molar-refractivity contribution is -0.154. The Morgan fingerprint density at radius 1 is 1.17 bits per heavy atom. The van der Waals surface area contributed by atoms with Crippen LogP contribution in [0.2, 0.25) is 0 Å². The van der Waals surface area contributed by atoms with Gasteiger partial charge in [0.15, 0.2) is 0 Å². The first-order valence-corrected chi connectivity index (χ1v) is 13.4. The summed E-state index contributed by atoms with van der Waals surface area (Å²) >= 11 is 0. The van der Waals surface area contributed by atoms with Crippen molar-refractivity contribution in [3.63, 3.8) is 0 Å². The van der Waals surface area contributed by atoms with Gasteiger partial charge in [-0.15, -0.1) is 0 Å². The van der Waals surface area contributed by atoms with Crippen LogP contribution in [0.3, 0.4) is 0 Å². The van der Waals surface area contributed by atoms with Crippen LogP contribution in [0.1, 0.15) is 49.2 Å². The number of piperazine rings is 1. The highest BCUT2D eigenvalue weighted by molar-refractivity contribution is 7.89. The Balaban J connectivity index is 1.49. The van der Waals surface area contributed by atoms with Crippen LogP contribution in [0.4, 0.5) is 0 Å². The van der Waals surface area contributed by atoms with E-state index in [0.717, 1.165) is 46.9 Å². The van der Waals surface area contributed by atoms with E-state index in [2.05, 4.69) is 4.98 Å². The number of hydroxylamine groups is 1. The number of aromatic nitrogens is 1. The lowest BCUT2D eigenvalue weighted by Gasteiger charge is -2.46. The molecule has 2 aliphatic rings. The summed E-state index contributed by atoms with van der Waals surface area (Å²) in [6.07, 6.45) is 4.25. The number of amides is 2. The minimum Gasteiger partial charge on any atom is -0.489 e. The van der Waals surface area contributed by atoms with Crippen LogP contribution < -0.4 is 10.2 Å². The summed E-state index contributed by atoms with van der Waals surface area (Å²) < 4.78 is 33.8. The van der Waals surface area contributed by atoms with Crippen molar-refractivity contribution in [1.29, 1.82) is 0 Å². The summed E-state index contributed by atoms with van der Waals surface area (Å²) in [6.45, 7) is 4.85. The predicted molar refractivity (Wildman–Crippen MR) is 131 cm³/mol. The van der Waals surface area contributed by atoms with Crippen LogP contribution >= 0.6 is 0 Å². The smallest absolute Gasteiger partial charge is 0.270 e. The van der Waals surface area contributed by atoms with Gasteiger partial charge in [-0.1, -0.05) is 0 Å². The standard InChI is InChI=1S/C25H32N4O6S/c1-17-14-19(22-6-4-5-7-23(22)26-17)15-35-20-8-10-21(11-9-20)36(33,34)28-12-13-29(18(2)30)25(3,16-28)24(31)27-32/h8-11,14,32H,4-7,12-13,15-16H2,1-3H3,(H,27,31). The average Bonchev–Trinajstić information content (AvgIpc) is 2.86. The molecular weight excluding hydrogens is 484 g/mol. The van der Waals surface area contributed by atoms with Gasteiger partial charge in [0.05, 0.1) is 4.90 Å². The van der Waals surface area contributed by atoms with Gasteiger partial charge in [-0.3, -0.25) is 19.8 Å². The maximum absolute atomic E-state index is 13.3. The van der Waals surface area contributed by atoms with Crippen molar-refractivity contribution in [2.24, 2.45) is 0 Å². The highest BCUT2D eigenvalue weighted by Crippen LogP contribution is 2.29. The number of carbonyl (C=O) groups excluding carboxylic acids is 2. The van der Waals surface area contributed by atoms with E-state index in [1.54, 1.807) is 17.6 Å². The minimum atomic E-state index is -3.96. The maximum Gasteiger partial charge on any atom is 0.270 e. The Kier molecular flexibility index (Phi) is 7.35. The van der Waals surface area contributed by atoms with Crippen molar-refractivity contribution in [3.05, 3.63) is 52.8 Å². The zero-order chi connectivity index (χ0) is 26.1. The molecule has 1 aromatic heterocycles. The number of hydrogen-bond acceptors (Lipinski definition) is 7. The summed E-state index contributed by atoms with van der Waals surface area (Å²) in [6, 6.07) is 8.21. The highest BCUT2D eigenvalue weighted by atomic mass is 32.2. The van der Waals surface area contributed by atoms with Crippen LogP contribution in [-0.4, -0.2) is 64.8 Å². The highest BCUT2D eigenvalue weighted by Gasteiger charge is 2.48. The molecule has 1 atom stereocenters. The van der Waals surface area contributed by atoms with Crippen LogP contribution in [0.5, 0.6) is 5.75 Å². The molecule has 2 heterocycles. The predicted octanol–water partition coefficient (Wildman–Crippen LogP) is 1.96. The zero-order valence-corrected chi connectivity index (χ0v) is 21.6.